The molecule has 0 unspecified atom stereocenters. The minimum atomic E-state index is -0.627. The lowest BCUT2D eigenvalue weighted by Gasteiger charge is -2.09. The molecule has 0 aliphatic rings. The van der Waals surface area contributed by atoms with Gasteiger partial charge in [-0.05, 0) is 19.8 Å². The zero-order chi connectivity index (χ0) is 29.4. The summed E-state index contributed by atoms with van der Waals surface area (Å²) in [6.45, 7) is 8.48. The van der Waals surface area contributed by atoms with Crippen LogP contribution in [0.1, 0.15) is 219 Å². The minimum Gasteiger partial charge on any atom is -0.299 e. The molecule has 0 rings (SSSR count). The lowest BCUT2D eigenvalue weighted by atomic mass is 9.93. The van der Waals surface area contributed by atoms with Crippen LogP contribution in [0.4, 0.5) is 0 Å². The van der Waals surface area contributed by atoms with Gasteiger partial charge in [-0.2, -0.15) is 0 Å². The molecule has 0 spiro atoms. The van der Waals surface area contributed by atoms with Crippen molar-refractivity contribution >= 4 is 11.6 Å². The van der Waals surface area contributed by atoms with Crippen LogP contribution >= 0.6 is 0 Å². The van der Waals surface area contributed by atoms with Gasteiger partial charge in [0.1, 0.15) is 11.6 Å². The van der Waals surface area contributed by atoms with Crippen LogP contribution in [-0.2, 0) is 9.59 Å². The second-order valence-corrected chi connectivity index (χ2v) is 12.9. The molecule has 0 aliphatic carbocycles. The Morgan fingerprint density at radius 1 is 0.350 bits per heavy atom. The van der Waals surface area contributed by atoms with Crippen molar-refractivity contribution in [3.05, 3.63) is 6.92 Å². The van der Waals surface area contributed by atoms with E-state index in [2.05, 4.69) is 20.8 Å². The summed E-state index contributed by atoms with van der Waals surface area (Å²) in [6.07, 6.45) is 40.9. The van der Waals surface area contributed by atoms with E-state index in [4.69, 9.17) is 0 Å². The molecule has 0 saturated carbocycles. The summed E-state index contributed by atoms with van der Waals surface area (Å²) >= 11 is 0. The molecule has 0 saturated heterocycles. The number of hydrogen-bond acceptors (Lipinski definition) is 2. The normalized spacial score (nSPS) is 11.5. The Balaban J connectivity index is 3.41. The van der Waals surface area contributed by atoms with E-state index in [1.165, 1.54) is 167 Å². The van der Waals surface area contributed by atoms with E-state index in [-0.39, 0.29) is 11.6 Å². The van der Waals surface area contributed by atoms with E-state index >= 15 is 0 Å². The Kier molecular flexibility index (Phi) is 32.3. The molecule has 0 amide bonds. The first kappa shape index (κ1) is 39.3. The fraction of sp³-hybridized carbons (Fsp3) is 0.921. The predicted molar refractivity (Wildman–Crippen MR) is 178 cm³/mol. The smallest absolute Gasteiger partial charge is 0.143 e. The highest BCUT2D eigenvalue weighted by atomic mass is 16.1. The topological polar surface area (TPSA) is 34.1 Å². The molecule has 0 aromatic heterocycles. The second kappa shape index (κ2) is 32.8. The molecule has 237 valence electrons. The van der Waals surface area contributed by atoms with Gasteiger partial charge in [-0.1, -0.05) is 194 Å². The zero-order valence-corrected chi connectivity index (χ0v) is 27.7. The average molecular weight is 562 g/mol. The third-order valence-corrected chi connectivity index (χ3v) is 8.83. The van der Waals surface area contributed by atoms with Crippen LogP contribution in [0.25, 0.3) is 0 Å². The molecule has 1 radical (unpaired) electrons. The number of carbonyl (C=O) groups excluding carboxylic acids is 2. The lowest BCUT2D eigenvalue weighted by Crippen LogP contribution is -2.21. The van der Waals surface area contributed by atoms with Gasteiger partial charge in [0.2, 0.25) is 0 Å². The van der Waals surface area contributed by atoms with Gasteiger partial charge in [0.15, 0.2) is 0 Å². The maximum atomic E-state index is 12.4. The van der Waals surface area contributed by atoms with Crippen molar-refractivity contribution in [2.75, 3.05) is 0 Å². The molecule has 2 heteroatoms. The van der Waals surface area contributed by atoms with Gasteiger partial charge in [-0.25, -0.2) is 0 Å². The predicted octanol–water partition coefficient (Wildman–Crippen LogP) is 13.1. The van der Waals surface area contributed by atoms with Gasteiger partial charge in [0.25, 0.3) is 0 Å². The van der Waals surface area contributed by atoms with Gasteiger partial charge < -0.3 is 0 Å². The van der Waals surface area contributed by atoms with Crippen LogP contribution in [0.3, 0.4) is 0 Å². The summed E-state index contributed by atoms with van der Waals surface area (Å²) in [5.41, 5.74) is 0. The third-order valence-electron chi connectivity index (χ3n) is 8.83. The minimum absolute atomic E-state index is 0.0700. The summed E-state index contributed by atoms with van der Waals surface area (Å²) < 4.78 is 0. The van der Waals surface area contributed by atoms with Gasteiger partial charge >= 0.3 is 0 Å². The number of carbonyl (C=O) groups is 2. The SMILES string of the molecule is [CH2]C(C(=O)CCCCCCCCCCCCCCCCC)C(=O)CCCCCCCCCCCCCCCCC. The Morgan fingerprint density at radius 3 is 0.725 bits per heavy atom. The molecular weight excluding hydrogens is 488 g/mol. The molecule has 0 N–H and O–H groups in total. The summed E-state index contributed by atoms with van der Waals surface area (Å²) in [7, 11) is 0. The van der Waals surface area contributed by atoms with Crippen molar-refractivity contribution in [3.8, 4) is 0 Å². The number of unbranched alkanes of at least 4 members (excludes halogenated alkanes) is 28. The third kappa shape index (κ3) is 28.9. The van der Waals surface area contributed by atoms with Crippen LogP contribution in [0.15, 0.2) is 0 Å². The molecule has 0 aromatic rings. The number of rotatable bonds is 34. The second-order valence-electron chi connectivity index (χ2n) is 12.9. The van der Waals surface area contributed by atoms with Crippen molar-refractivity contribution in [2.24, 2.45) is 5.92 Å². The van der Waals surface area contributed by atoms with Crippen molar-refractivity contribution in [3.63, 3.8) is 0 Å². The molecule has 40 heavy (non-hydrogen) atoms. The summed E-state index contributed by atoms with van der Waals surface area (Å²) in [5.74, 6) is -0.486. The molecule has 0 aromatic carbocycles. The van der Waals surface area contributed by atoms with Gasteiger partial charge in [-0.3, -0.25) is 9.59 Å². The zero-order valence-electron chi connectivity index (χ0n) is 27.7. The Morgan fingerprint density at radius 2 is 0.525 bits per heavy atom. The van der Waals surface area contributed by atoms with Gasteiger partial charge in [0, 0.05) is 12.8 Å². The number of ketones is 2. The van der Waals surface area contributed by atoms with Crippen LogP contribution in [-0.4, -0.2) is 11.6 Å². The largest absolute Gasteiger partial charge is 0.299 e. The maximum absolute atomic E-state index is 12.4. The van der Waals surface area contributed by atoms with Crippen LogP contribution in [0.2, 0.25) is 0 Å². The first-order chi connectivity index (χ1) is 19.6. The Labute approximate surface area is 253 Å². The van der Waals surface area contributed by atoms with Crippen molar-refractivity contribution < 1.29 is 9.59 Å². The van der Waals surface area contributed by atoms with E-state index in [0.29, 0.717) is 12.8 Å². The fourth-order valence-corrected chi connectivity index (χ4v) is 5.87. The van der Waals surface area contributed by atoms with Crippen molar-refractivity contribution in [1.82, 2.24) is 0 Å². The first-order valence-corrected chi connectivity index (χ1v) is 18.5. The van der Waals surface area contributed by atoms with E-state index in [1.807, 2.05) is 0 Å². The van der Waals surface area contributed by atoms with E-state index in [1.54, 1.807) is 0 Å². The highest BCUT2D eigenvalue weighted by Gasteiger charge is 2.20. The molecule has 0 fully saturated rings. The van der Waals surface area contributed by atoms with E-state index in [0.717, 1.165) is 25.7 Å². The number of hydrogen-bond donors (Lipinski definition) is 0. The monoisotopic (exact) mass is 562 g/mol. The maximum Gasteiger partial charge on any atom is 0.143 e. The van der Waals surface area contributed by atoms with Crippen LogP contribution in [0, 0.1) is 12.8 Å². The Bertz CT molecular complexity index is 480. The first-order valence-electron chi connectivity index (χ1n) is 18.5. The van der Waals surface area contributed by atoms with E-state index < -0.39 is 5.92 Å². The molecule has 0 bridgehead atoms. The summed E-state index contributed by atoms with van der Waals surface area (Å²) in [4.78, 5) is 24.8. The van der Waals surface area contributed by atoms with Gasteiger partial charge in [0.05, 0.1) is 5.92 Å². The molecule has 2 nitrogen and oxygen atoms in total. The molecular formula is C38H73O2. The molecule has 0 aliphatic heterocycles. The van der Waals surface area contributed by atoms with Crippen molar-refractivity contribution in [2.45, 2.75) is 219 Å². The quantitative estimate of drug-likeness (QED) is 0.0578. The van der Waals surface area contributed by atoms with Crippen LogP contribution in [0.5, 0.6) is 0 Å². The molecule has 0 heterocycles. The summed E-state index contributed by atoms with van der Waals surface area (Å²) in [5, 5.41) is 0. The highest BCUT2D eigenvalue weighted by molar-refractivity contribution is 6.02. The van der Waals surface area contributed by atoms with Gasteiger partial charge in [-0.15, -0.1) is 0 Å². The van der Waals surface area contributed by atoms with Crippen molar-refractivity contribution in [1.29, 1.82) is 0 Å². The standard InChI is InChI=1S/C38H73O2/c1-4-6-8-10-12-14-16-18-20-22-24-26-28-30-32-34-37(39)36(3)38(40)35-33-31-29-27-25-23-21-19-17-15-13-11-9-7-5-2/h36H,3-35H2,1-2H3. The molecule has 0 atom stereocenters. The summed E-state index contributed by atoms with van der Waals surface area (Å²) in [6, 6.07) is 0. The lowest BCUT2D eigenvalue weighted by molar-refractivity contribution is -0.131. The fourth-order valence-electron chi connectivity index (χ4n) is 5.87. The highest BCUT2D eigenvalue weighted by Crippen LogP contribution is 2.17. The average Bonchev–Trinajstić information content (AvgIpc) is 2.96. The van der Waals surface area contributed by atoms with Crippen LogP contribution < -0.4 is 0 Å². The Hall–Kier alpha value is -0.660. The van der Waals surface area contributed by atoms with E-state index in [9.17, 15) is 9.59 Å². The number of Topliss-reactive ketones (excluding diaryl/α,β-unsaturated/α-hetero) is 2.